The summed E-state index contributed by atoms with van der Waals surface area (Å²) in [4.78, 5) is 47.1. The molecule has 1 unspecified atom stereocenters. The minimum Gasteiger partial charge on any atom is -0.378 e. The fraction of sp³-hybridized carbons (Fsp3) is 0.400. The number of nitrogens with zero attached hydrogens (tertiary/aromatic N) is 2. The second-order valence-electron chi connectivity index (χ2n) is 7.42. The highest BCUT2D eigenvalue weighted by Gasteiger charge is 2.35. The first-order valence-electron chi connectivity index (χ1n) is 9.56. The van der Waals surface area contributed by atoms with Gasteiger partial charge in [-0.2, -0.15) is 4.98 Å². The normalized spacial score (nSPS) is 18.8. The van der Waals surface area contributed by atoms with E-state index < -0.39 is 17.4 Å². The number of anilines is 3. The minimum absolute atomic E-state index is 0.106. The molecule has 1 saturated heterocycles. The molecule has 0 bridgehead atoms. The van der Waals surface area contributed by atoms with E-state index in [1.165, 1.54) is 0 Å². The van der Waals surface area contributed by atoms with E-state index in [1.807, 2.05) is 36.9 Å². The lowest BCUT2D eigenvalue weighted by Gasteiger charge is -2.29. The highest BCUT2D eigenvalue weighted by molar-refractivity contribution is 6.04. The number of amides is 2. The predicted molar refractivity (Wildman–Crippen MR) is 108 cm³/mol. The van der Waals surface area contributed by atoms with Gasteiger partial charge in [-0.25, -0.2) is 0 Å². The summed E-state index contributed by atoms with van der Waals surface area (Å²) in [5.74, 6) is -1.14. The van der Waals surface area contributed by atoms with Gasteiger partial charge in [-0.1, -0.05) is 6.07 Å². The third kappa shape index (κ3) is 4.00. The first-order chi connectivity index (χ1) is 13.9. The number of rotatable bonds is 3. The van der Waals surface area contributed by atoms with Gasteiger partial charge < -0.3 is 20.3 Å². The van der Waals surface area contributed by atoms with Crippen LogP contribution in [0.15, 0.2) is 23.0 Å². The van der Waals surface area contributed by atoms with Crippen LogP contribution < -0.4 is 21.1 Å². The Labute approximate surface area is 167 Å². The molecule has 0 spiro atoms. The van der Waals surface area contributed by atoms with Crippen molar-refractivity contribution < 1.29 is 14.3 Å². The molecule has 9 nitrogen and oxygen atoms in total. The zero-order chi connectivity index (χ0) is 20.5. The number of H-pyrrole nitrogens is 1. The topological polar surface area (TPSA) is 116 Å². The Hall–Kier alpha value is -3.20. The van der Waals surface area contributed by atoms with Crippen LogP contribution in [0.3, 0.4) is 0 Å². The number of carbonyl (C=O) groups excluding carboxylic acids is 2. The van der Waals surface area contributed by atoms with Crippen LogP contribution in [0.2, 0.25) is 0 Å². The van der Waals surface area contributed by atoms with Crippen LogP contribution >= 0.6 is 0 Å². The molecule has 3 heterocycles. The van der Waals surface area contributed by atoms with Gasteiger partial charge in [-0.3, -0.25) is 19.4 Å². The molecule has 1 fully saturated rings. The number of hydrogen-bond acceptors (Lipinski definition) is 6. The standard InChI is InChI=1S/C20H23N5O4/c1-11-7-12(2)9-13(8-11)21-18(27)14-10-15(26)22-17-16(14)19(28)24-20(23-17)25-3-5-29-6-4-25/h7-9,14H,3-6,10H2,1-2H3,(H,21,27)(H2,22,23,24,26,28). The van der Waals surface area contributed by atoms with E-state index in [-0.39, 0.29) is 23.7 Å². The molecule has 0 aliphatic carbocycles. The Balaban J connectivity index is 1.65. The van der Waals surface area contributed by atoms with Crippen LogP contribution in [0.5, 0.6) is 0 Å². The summed E-state index contributed by atoms with van der Waals surface area (Å²) >= 11 is 0. The number of benzene rings is 1. The zero-order valence-corrected chi connectivity index (χ0v) is 16.4. The third-order valence-electron chi connectivity index (χ3n) is 5.05. The van der Waals surface area contributed by atoms with Gasteiger partial charge in [0, 0.05) is 25.2 Å². The molecule has 4 rings (SSSR count). The molecule has 3 N–H and O–H groups in total. The first kappa shape index (κ1) is 19.1. The lowest BCUT2D eigenvalue weighted by Crippen LogP contribution is -2.41. The summed E-state index contributed by atoms with van der Waals surface area (Å²) in [7, 11) is 0. The highest BCUT2D eigenvalue weighted by Crippen LogP contribution is 2.30. The van der Waals surface area contributed by atoms with E-state index in [0.29, 0.717) is 37.9 Å². The van der Waals surface area contributed by atoms with E-state index in [9.17, 15) is 14.4 Å². The van der Waals surface area contributed by atoms with Crippen molar-refractivity contribution in [3.8, 4) is 0 Å². The van der Waals surface area contributed by atoms with Crippen molar-refractivity contribution in [2.24, 2.45) is 0 Å². The Bertz CT molecular complexity index is 1010. The number of nitrogens with one attached hydrogen (secondary N) is 3. The number of morpholine rings is 1. The second kappa shape index (κ2) is 7.67. The number of hydrogen-bond donors (Lipinski definition) is 3. The van der Waals surface area contributed by atoms with Crippen LogP contribution in [0, 0.1) is 13.8 Å². The van der Waals surface area contributed by atoms with Crippen molar-refractivity contribution in [3.63, 3.8) is 0 Å². The van der Waals surface area contributed by atoms with Crippen molar-refractivity contribution >= 4 is 29.3 Å². The van der Waals surface area contributed by atoms with E-state index >= 15 is 0 Å². The monoisotopic (exact) mass is 397 g/mol. The summed E-state index contributed by atoms with van der Waals surface area (Å²) in [6.07, 6.45) is -0.106. The maximum absolute atomic E-state index is 12.9. The second-order valence-corrected chi connectivity index (χ2v) is 7.42. The van der Waals surface area contributed by atoms with Crippen LogP contribution in [0.25, 0.3) is 0 Å². The van der Waals surface area contributed by atoms with Crippen molar-refractivity contribution in [3.05, 3.63) is 45.2 Å². The van der Waals surface area contributed by atoms with Crippen molar-refractivity contribution in [2.75, 3.05) is 41.8 Å². The van der Waals surface area contributed by atoms with Crippen LogP contribution in [0.4, 0.5) is 17.5 Å². The summed E-state index contributed by atoms with van der Waals surface area (Å²) in [5.41, 5.74) is 2.42. The average Bonchev–Trinajstić information content (AvgIpc) is 2.66. The molecule has 2 amide bonds. The molecule has 2 aliphatic rings. The van der Waals surface area contributed by atoms with Crippen LogP contribution in [-0.4, -0.2) is 48.1 Å². The van der Waals surface area contributed by atoms with Crippen LogP contribution in [-0.2, 0) is 14.3 Å². The maximum Gasteiger partial charge on any atom is 0.258 e. The Morgan fingerprint density at radius 3 is 2.55 bits per heavy atom. The molecule has 0 saturated carbocycles. The molecule has 1 aromatic carbocycles. The lowest BCUT2D eigenvalue weighted by atomic mass is 9.92. The Kier molecular flexibility index (Phi) is 5.06. The van der Waals surface area contributed by atoms with Gasteiger partial charge in [0.05, 0.1) is 24.7 Å². The van der Waals surface area contributed by atoms with Crippen molar-refractivity contribution in [2.45, 2.75) is 26.2 Å². The molecule has 9 heteroatoms. The zero-order valence-electron chi connectivity index (χ0n) is 16.4. The molecule has 2 aromatic rings. The van der Waals surface area contributed by atoms with E-state index in [1.54, 1.807) is 0 Å². The maximum atomic E-state index is 12.9. The van der Waals surface area contributed by atoms with Gasteiger partial charge in [-0.15, -0.1) is 0 Å². The number of ether oxygens (including phenoxy) is 1. The quantitative estimate of drug-likeness (QED) is 0.719. The van der Waals surface area contributed by atoms with Gasteiger partial charge in [0.1, 0.15) is 5.82 Å². The summed E-state index contributed by atoms with van der Waals surface area (Å²) in [6, 6.07) is 5.69. The molecule has 152 valence electrons. The number of fused-ring (bicyclic) bond motifs is 1. The summed E-state index contributed by atoms with van der Waals surface area (Å²) in [5, 5.41) is 5.47. The van der Waals surface area contributed by atoms with Gasteiger partial charge in [0.15, 0.2) is 0 Å². The fourth-order valence-electron chi connectivity index (χ4n) is 3.78. The fourth-order valence-corrected chi connectivity index (χ4v) is 3.78. The van der Waals surface area contributed by atoms with Gasteiger partial charge >= 0.3 is 0 Å². The first-order valence-corrected chi connectivity index (χ1v) is 9.56. The smallest absolute Gasteiger partial charge is 0.258 e. The molecular formula is C20H23N5O4. The minimum atomic E-state index is -0.908. The number of aromatic amines is 1. The SMILES string of the molecule is Cc1cc(C)cc(NC(=O)C2CC(=O)Nc3nc(N4CCOCC4)[nH]c(=O)c32)c1. The third-order valence-corrected chi connectivity index (χ3v) is 5.05. The Morgan fingerprint density at radius 2 is 1.86 bits per heavy atom. The largest absolute Gasteiger partial charge is 0.378 e. The summed E-state index contributed by atoms with van der Waals surface area (Å²) in [6.45, 7) is 6.13. The van der Waals surface area contributed by atoms with Crippen LogP contribution in [0.1, 0.15) is 29.0 Å². The van der Waals surface area contributed by atoms with Gasteiger partial charge in [0.2, 0.25) is 17.8 Å². The van der Waals surface area contributed by atoms with Crippen molar-refractivity contribution in [1.29, 1.82) is 0 Å². The molecule has 1 atom stereocenters. The van der Waals surface area contributed by atoms with Gasteiger partial charge in [0.25, 0.3) is 5.56 Å². The van der Waals surface area contributed by atoms with E-state index in [4.69, 9.17) is 4.74 Å². The number of aromatic nitrogens is 2. The van der Waals surface area contributed by atoms with E-state index in [0.717, 1.165) is 11.1 Å². The molecule has 1 aromatic heterocycles. The Morgan fingerprint density at radius 1 is 1.17 bits per heavy atom. The molecular weight excluding hydrogens is 374 g/mol. The predicted octanol–water partition coefficient (Wildman–Crippen LogP) is 1.29. The number of aryl methyl sites for hydroxylation is 2. The average molecular weight is 397 g/mol. The number of carbonyl (C=O) groups is 2. The molecule has 29 heavy (non-hydrogen) atoms. The molecule has 0 radical (unpaired) electrons. The summed E-state index contributed by atoms with van der Waals surface area (Å²) < 4.78 is 5.32. The lowest BCUT2D eigenvalue weighted by molar-refractivity contribution is -0.123. The van der Waals surface area contributed by atoms with Crippen molar-refractivity contribution in [1.82, 2.24) is 9.97 Å². The van der Waals surface area contributed by atoms with E-state index in [2.05, 4.69) is 20.6 Å². The molecule has 2 aliphatic heterocycles. The van der Waals surface area contributed by atoms with Gasteiger partial charge in [-0.05, 0) is 37.1 Å². The highest BCUT2D eigenvalue weighted by atomic mass is 16.5.